The highest BCUT2D eigenvalue weighted by atomic mass is 32.1. The van der Waals surface area contributed by atoms with Crippen LogP contribution in [0.1, 0.15) is 16.5 Å². The van der Waals surface area contributed by atoms with Crippen molar-refractivity contribution in [3.05, 3.63) is 52.2 Å². The first kappa shape index (κ1) is 16.5. The molecule has 0 aromatic carbocycles. The van der Waals surface area contributed by atoms with Crippen LogP contribution in [0.5, 0.6) is 0 Å². The Morgan fingerprint density at radius 2 is 2.22 bits per heavy atom. The van der Waals surface area contributed by atoms with Crippen LogP contribution in [0.3, 0.4) is 0 Å². The Morgan fingerprint density at radius 3 is 2.91 bits per heavy atom. The summed E-state index contributed by atoms with van der Waals surface area (Å²) in [6.45, 7) is 5.09. The lowest BCUT2D eigenvalue weighted by Gasteiger charge is -2.36. The average Bonchev–Trinajstić information content (AvgIpc) is 3.07. The summed E-state index contributed by atoms with van der Waals surface area (Å²) in [6.07, 6.45) is 2.97. The summed E-state index contributed by atoms with van der Waals surface area (Å²) in [5, 5.41) is 2.12. The number of pyridine rings is 1. The van der Waals surface area contributed by atoms with E-state index in [1.807, 2.05) is 0 Å². The highest BCUT2D eigenvalue weighted by Gasteiger charge is 2.24. The molecule has 124 valence electrons. The third-order valence-corrected chi connectivity index (χ3v) is 5.03. The third kappa shape index (κ3) is 4.57. The second-order valence-electron chi connectivity index (χ2n) is 5.89. The van der Waals surface area contributed by atoms with Gasteiger partial charge in [0.25, 0.3) is 0 Å². The Morgan fingerprint density at radius 1 is 1.39 bits per heavy atom. The van der Waals surface area contributed by atoms with E-state index < -0.39 is 0 Å². The first-order valence-corrected chi connectivity index (χ1v) is 8.73. The fourth-order valence-corrected chi connectivity index (χ4v) is 3.82. The monoisotopic (exact) mass is 335 g/mol. The van der Waals surface area contributed by atoms with Gasteiger partial charge >= 0.3 is 0 Å². The molecule has 1 saturated heterocycles. The Kier molecular flexibility index (Phi) is 5.72. The van der Waals surface area contributed by atoms with Crippen LogP contribution in [0, 0.1) is 5.82 Å². The minimum atomic E-state index is -0.279. The highest BCUT2D eigenvalue weighted by Crippen LogP contribution is 2.27. The van der Waals surface area contributed by atoms with Crippen LogP contribution in [-0.2, 0) is 11.3 Å². The van der Waals surface area contributed by atoms with E-state index >= 15 is 0 Å². The molecule has 0 radical (unpaired) electrons. The van der Waals surface area contributed by atoms with Crippen molar-refractivity contribution >= 4 is 11.3 Å². The molecule has 1 unspecified atom stereocenters. The molecule has 3 rings (SSSR count). The van der Waals surface area contributed by atoms with Crippen molar-refractivity contribution < 1.29 is 9.13 Å². The molecule has 0 bridgehead atoms. The minimum Gasteiger partial charge on any atom is -0.379 e. The minimum absolute atomic E-state index is 0.279. The normalized spacial score (nSPS) is 17.5. The molecule has 0 N–H and O–H groups in total. The van der Waals surface area contributed by atoms with Gasteiger partial charge < -0.3 is 9.64 Å². The summed E-state index contributed by atoms with van der Waals surface area (Å²) in [7, 11) is 2.08. The number of ether oxygens (including phenoxy) is 1. The summed E-state index contributed by atoms with van der Waals surface area (Å²) in [5.41, 5.74) is 0.902. The van der Waals surface area contributed by atoms with Gasteiger partial charge in [-0.25, -0.2) is 4.39 Å². The third-order valence-electron chi connectivity index (χ3n) is 4.06. The summed E-state index contributed by atoms with van der Waals surface area (Å²) in [4.78, 5) is 10.0. The Hall–Kier alpha value is -1.34. The molecule has 1 fully saturated rings. The molecule has 0 saturated carbocycles. The predicted molar refractivity (Wildman–Crippen MR) is 90.0 cm³/mol. The molecular weight excluding hydrogens is 313 g/mol. The lowest BCUT2D eigenvalue weighted by molar-refractivity contribution is 0.00963. The molecule has 4 nitrogen and oxygen atoms in total. The Bertz CT molecular complexity index is 602. The zero-order valence-corrected chi connectivity index (χ0v) is 14.1. The first-order chi connectivity index (χ1) is 11.2. The van der Waals surface area contributed by atoms with E-state index in [-0.39, 0.29) is 5.82 Å². The fraction of sp³-hybridized carbons (Fsp3) is 0.471. The van der Waals surface area contributed by atoms with Crippen LogP contribution in [0.15, 0.2) is 36.0 Å². The number of aromatic nitrogens is 1. The van der Waals surface area contributed by atoms with Crippen molar-refractivity contribution in [3.8, 4) is 0 Å². The maximum atomic E-state index is 13.3. The molecule has 0 spiro atoms. The maximum absolute atomic E-state index is 13.3. The molecule has 2 aromatic rings. The molecule has 1 aliphatic heterocycles. The van der Waals surface area contributed by atoms with E-state index in [4.69, 9.17) is 4.74 Å². The number of rotatable bonds is 6. The van der Waals surface area contributed by atoms with Crippen molar-refractivity contribution in [1.82, 2.24) is 14.8 Å². The number of likely N-dealkylation sites (N-methyl/N-ethyl adjacent to an activating group) is 1. The van der Waals surface area contributed by atoms with Gasteiger partial charge in [0.1, 0.15) is 5.82 Å². The number of thiophene rings is 1. The van der Waals surface area contributed by atoms with Crippen LogP contribution in [0.4, 0.5) is 4.39 Å². The molecule has 2 aromatic heterocycles. The van der Waals surface area contributed by atoms with Gasteiger partial charge in [-0.1, -0.05) is 6.07 Å². The Labute approximate surface area is 140 Å². The lowest BCUT2D eigenvalue weighted by atomic mass is 10.1. The van der Waals surface area contributed by atoms with Gasteiger partial charge in [0.05, 0.1) is 25.5 Å². The Balaban J connectivity index is 1.67. The van der Waals surface area contributed by atoms with Gasteiger partial charge in [0.2, 0.25) is 0 Å². The second kappa shape index (κ2) is 7.97. The lowest BCUT2D eigenvalue weighted by Crippen LogP contribution is -2.42. The van der Waals surface area contributed by atoms with Gasteiger partial charge in [-0.15, -0.1) is 11.3 Å². The zero-order valence-electron chi connectivity index (χ0n) is 13.3. The quantitative estimate of drug-likeness (QED) is 0.812. The number of nitrogens with zero attached hydrogens (tertiary/aromatic N) is 3. The molecular formula is C17H22FN3OS. The topological polar surface area (TPSA) is 28.6 Å². The zero-order chi connectivity index (χ0) is 16.1. The van der Waals surface area contributed by atoms with Crippen molar-refractivity contribution in [2.45, 2.75) is 12.6 Å². The molecule has 1 aliphatic rings. The van der Waals surface area contributed by atoms with Crippen molar-refractivity contribution in [2.75, 3.05) is 39.9 Å². The van der Waals surface area contributed by atoms with Crippen LogP contribution >= 0.6 is 11.3 Å². The van der Waals surface area contributed by atoms with E-state index in [1.54, 1.807) is 23.6 Å². The van der Waals surface area contributed by atoms with Crippen molar-refractivity contribution in [1.29, 1.82) is 0 Å². The molecule has 0 aliphatic carbocycles. The molecule has 6 heteroatoms. The molecule has 1 atom stereocenters. The summed E-state index contributed by atoms with van der Waals surface area (Å²) >= 11 is 1.79. The fourth-order valence-electron chi connectivity index (χ4n) is 2.97. The van der Waals surface area contributed by atoms with E-state index in [1.165, 1.54) is 11.1 Å². The van der Waals surface area contributed by atoms with Crippen molar-refractivity contribution in [2.24, 2.45) is 0 Å². The van der Waals surface area contributed by atoms with Gasteiger partial charge in [0, 0.05) is 37.3 Å². The number of hydrogen-bond donors (Lipinski definition) is 0. The van der Waals surface area contributed by atoms with E-state index in [0.29, 0.717) is 12.6 Å². The summed E-state index contributed by atoms with van der Waals surface area (Å²) in [5.74, 6) is -0.279. The van der Waals surface area contributed by atoms with E-state index in [2.05, 4.69) is 39.3 Å². The highest BCUT2D eigenvalue weighted by molar-refractivity contribution is 7.10. The standard InChI is InChI=1S/C17H22FN3OS/c1-20(12-14-9-15(18)11-19-10-14)13-16(17-3-2-8-23-17)21-4-6-22-7-5-21/h2-3,8-11,16H,4-7,12-13H2,1H3. The number of morpholine rings is 1. The van der Waals surface area contributed by atoms with Crippen LogP contribution in [0.25, 0.3) is 0 Å². The van der Waals surface area contributed by atoms with Crippen LogP contribution in [0.2, 0.25) is 0 Å². The predicted octanol–water partition coefficient (Wildman–Crippen LogP) is 2.79. The van der Waals surface area contributed by atoms with E-state index in [9.17, 15) is 4.39 Å². The van der Waals surface area contributed by atoms with Crippen LogP contribution in [-0.4, -0.2) is 54.7 Å². The smallest absolute Gasteiger partial charge is 0.141 e. The molecule has 3 heterocycles. The van der Waals surface area contributed by atoms with Gasteiger partial charge in [-0.3, -0.25) is 9.88 Å². The average molecular weight is 335 g/mol. The van der Waals surface area contributed by atoms with Crippen LogP contribution < -0.4 is 0 Å². The first-order valence-electron chi connectivity index (χ1n) is 7.85. The summed E-state index contributed by atoms with van der Waals surface area (Å²) < 4.78 is 18.8. The number of halogens is 1. The maximum Gasteiger partial charge on any atom is 0.141 e. The SMILES string of the molecule is CN(Cc1cncc(F)c1)CC(c1cccs1)N1CCOCC1. The second-order valence-corrected chi connectivity index (χ2v) is 6.87. The van der Waals surface area contributed by atoms with Gasteiger partial charge in [0.15, 0.2) is 0 Å². The number of hydrogen-bond acceptors (Lipinski definition) is 5. The summed E-state index contributed by atoms with van der Waals surface area (Å²) in [6, 6.07) is 6.20. The van der Waals surface area contributed by atoms with Gasteiger partial charge in [-0.2, -0.15) is 0 Å². The molecule has 23 heavy (non-hydrogen) atoms. The van der Waals surface area contributed by atoms with E-state index in [0.717, 1.165) is 38.4 Å². The van der Waals surface area contributed by atoms with Gasteiger partial charge in [-0.05, 0) is 30.1 Å². The molecule has 0 amide bonds. The van der Waals surface area contributed by atoms with Crippen molar-refractivity contribution in [3.63, 3.8) is 0 Å². The largest absolute Gasteiger partial charge is 0.379 e.